The quantitative estimate of drug-likeness (QED) is 0.563. The Bertz CT molecular complexity index is 723. The zero-order valence-corrected chi connectivity index (χ0v) is 13.8. The van der Waals surface area contributed by atoms with Crippen LogP contribution in [0.5, 0.6) is 0 Å². The molecule has 7 heteroatoms. The van der Waals surface area contributed by atoms with Gasteiger partial charge in [-0.3, -0.25) is 9.59 Å². The number of nitrogens with one attached hydrogen (secondary N) is 1. The highest BCUT2D eigenvalue weighted by atomic mass is 16.4. The molecule has 2 atom stereocenters. The summed E-state index contributed by atoms with van der Waals surface area (Å²) in [6.07, 6.45) is -2.54. The van der Waals surface area contributed by atoms with Crippen LogP contribution in [0.4, 0.5) is 0 Å². The van der Waals surface area contributed by atoms with Crippen LogP contribution >= 0.6 is 0 Å². The number of hydrogen-bond acceptors (Lipinski definition) is 4. The Morgan fingerprint density at radius 3 is 1.69 bits per heavy atom. The number of amides is 1. The Morgan fingerprint density at radius 2 is 1.31 bits per heavy atom. The summed E-state index contributed by atoms with van der Waals surface area (Å²) in [5.41, 5.74) is 1.29. The van der Waals surface area contributed by atoms with Crippen molar-refractivity contribution in [3.8, 4) is 0 Å². The van der Waals surface area contributed by atoms with Crippen molar-refractivity contribution in [2.75, 3.05) is 0 Å². The summed E-state index contributed by atoms with van der Waals surface area (Å²) in [5, 5.41) is 30.1. The van der Waals surface area contributed by atoms with Gasteiger partial charge in [0.25, 0.3) is 0 Å². The second-order valence-corrected chi connectivity index (χ2v) is 5.74. The van der Waals surface area contributed by atoms with E-state index < -0.39 is 42.3 Å². The standard InChI is InChI=1S/C19H19NO6/c21-14(11-15(22)23)17(19(25)26)20-18(24)16(12-7-3-1-4-8-12)13-9-5-2-6-10-13/h1-10,14,16-17,21H,11H2,(H,20,24)(H,22,23)(H,25,26)/t14?,17-/m0/s1. The number of aliphatic hydroxyl groups excluding tert-OH is 1. The molecule has 2 rings (SSSR count). The number of carbonyl (C=O) groups is 3. The van der Waals surface area contributed by atoms with E-state index >= 15 is 0 Å². The van der Waals surface area contributed by atoms with Crippen LogP contribution in [0.1, 0.15) is 23.5 Å². The number of carbonyl (C=O) groups excluding carboxylic acids is 1. The minimum Gasteiger partial charge on any atom is -0.481 e. The van der Waals surface area contributed by atoms with Gasteiger partial charge in [0, 0.05) is 0 Å². The van der Waals surface area contributed by atoms with E-state index in [4.69, 9.17) is 5.11 Å². The van der Waals surface area contributed by atoms with Gasteiger partial charge in [0.2, 0.25) is 5.91 Å². The van der Waals surface area contributed by atoms with Crippen molar-refractivity contribution < 1.29 is 29.7 Å². The molecular weight excluding hydrogens is 338 g/mol. The van der Waals surface area contributed by atoms with E-state index in [-0.39, 0.29) is 0 Å². The number of aliphatic hydroxyl groups is 1. The van der Waals surface area contributed by atoms with E-state index in [9.17, 15) is 24.6 Å². The average Bonchev–Trinajstić information content (AvgIpc) is 2.61. The topological polar surface area (TPSA) is 124 Å². The van der Waals surface area contributed by atoms with Crippen molar-refractivity contribution in [2.24, 2.45) is 0 Å². The van der Waals surface area contributed by atoms with Gasteiger partial charge in [-0.1, -0.05) is 60.7 Å². The molecule has 0 aliphatic heterocycles. The van der Waals surface area contributed by atoms with Crippen LogP contribution in [0, 0.1) is 0 Å². The third kappa shape index (κ3) is 4.90. The van der Waals surface area contributed by atoms with Crippen molar-refractivity contribution in [3.63, 3.8) is 0 Å². The second-order valence-electron chi connectivity index (χ2n) is 5.74. The molecular formula is C19H19NO6. The molecule has 26 heavy (non-hydrogen) atoms. The maximum atomic E-state index is 12.8. The number of rotatable bonds is 8. The van der Waals surface area contributed by atoms with Gasteiger partial charge in [-0.05, 0) is 11.1 Å². The molecule has 0 aromatic heterocycles. The van der Waals surface area contributed by atoms with Crippen LogP contribution in [-0.2, 0) is 14.4 Å². The molecule has 0 fully saturated rings. The molecule has 0 saturated carbocycles. The Labute approximate surface area is 149 Å². The molecule has 0 bridgehead atoms. The fourth-order valence-electron chi connectivity index (χ4n) is 2.64. The lowest BCUT2D eigenvalue weighted by Crippen LogP contribution is -2.50. The minimum absolute atomic E-state index is 0.640. The van der Waals surface area contributed by atoms with E-state index in [2.05, 4.69) is 5.32 Å². The Kier molecular flexibility index (Phi) is 6.46. The summed E-state index contributed by atoms with van der Waals surface area (Å²) in [4.78, 5) is 34.9. The number of hydrogen-bond donors (Lipinski definition) is 4. The summed E-state index contributed by atoms with van der Waals surface area (Å²) in [7, 11) is 0. The van der Waals surface area contributed by atoms with Gasteiger partial charge >= 0.3 is 11.9 Å². The maximum absolute atomic E-state index is 12.8. The maximum Gasteiger partial charge on any atom is 0.328 e. The third-order valence-electron chi connectivity index (χ3n) is 3.86. The van der Waals surface area contributed by atoms with Gasteiger partial charge in [-0.2, -0.15) is 0 Å². The first-order valence-electron chi connectivity index (χ1n) is 7.93. The van der Waals surface area contributed by atoms with Gasteiger partial charge in [0.05, 0.1) is 18.4 Å². The van der Waals surface area contributed by atoms with Crippen LogP contribution in [0.25, 0.3) is 0 Å². The highest BCUT2D eigenvalue weighted by Gasteiger charge is 2.33. The summed E-state index contributed by atoms with van der Waals surface area (Å²) >= 11 is 0. The van der Waals surface area contributed by atoms with Gasteiger partial charge < -0.3 is 20.6 Å². The lowest BCUT2D eigenvalue weighted by molar-refractivity contribution is -0.147. The summed E-state index contributed by atoms with van der Waals surface area (Å²) in [5.74, 6) is -4.30. The summed E-state index contributed by atoms with van der Waals surface area (Å²) < 4.78 is 0. The van der Waals surface area contributed by atoms with E-state index in [0.717, 1.165) is 0 Å². The van der Waals surface area contributed by atoms with Crippen LogP contribution in [-0.4, -0.2) is 45.3 Å². The van der Waals surface area contributed by atoms with Crippen molar-refractivity contribution in [2.45, 2.75) is 24.5 Å². The zero-order valence-electron chi connectivity index (χ0n) is 13.8. The molecule has 0 spiro atoms. The van der Waals surface area contributed by atoms with Crippen molar-refractivity contribution >= 4 is 17.8 Å². The first-order valence-corrected chi connectivity index (χ1v) is 7.93. The van der Waals surface area contributed by atoms with Crippen LogP contribution < -0.4 is 5.32 Å². The lowest BCUT2D eigenvalue weighted by Gasteiger charge is -2.23. The van der Waals surface area contributed by atoms with Crippen LogP contribution in [0.3, 0.4) is 0 Å². The van der Waals surface area contributed by atoms with Crippen molar-refractivity contribution in [3.05, 3.63) is 71.8 Å². The molecule has 0 aliphatic carbocycles. The highest BCUT2D eigenvalue weighted by Crippen LogP contribution is 2.25. The molecule has 2 aromatic rings. The Balaban J connectivity index is 2.31. The first kappa shape index (κ1) is 19.1. The predicted octanol–water partition coefficient (Wildman–Crippen LogP) is 1.22. The van der Waals surface area contributed by atoms with Crippen LogP contribution in [0.15, 0.2) is 60.7 Å². The number of benzene rings is 2. The summed E-state index contributed by atoms with van der Waals surface area (Å²) in [6.45, 7) is 0. The van der Waals surface area contributed by atoms with Gasteiger partial charge in [0.1, 0.15) is 0 Å². The number of carboxylic acids is 2. The predicted molar refractivity (Wildman–Crippen MR) is 92.6 cm³/mol. The van der Waals surface area contributed by atoms with Crippen molar-refractivity contribution in [1.29, 1.82) is 0 Å². The minimum atomic E-state index is -1.75. The Morgan fingerprint density at radius 1 is 0.846 bits per heavy atom. The van der Waals surface area contributed by atoms with Crippen molar-refractivity contribution in [1.82, 2.24) is 5.32 Å². The second kappa shape index (κ2) is 8.77. The molecule has 7 nitrogen and oxygen atoms in total. The molecule has 1 amide bonds. The first-order chi connectivity index (χ1) is 12.4. The van der Waals surface area contributed by atoms with Gasteiger partial charge in [-0.15, -0.1) is 0 Å². The molecule has 0 heterocycles. The SMILES string of the molecule is O=C(O)CC(O)[C@H](NC(=O)C(c1ccccc1)c1ccccc1)C(=O)O. The normalized spacial score (nSPS) is 13.0. The van der Waals surface area contributed by atoms with E-state index in [0.29, 0.717) is 11.1 Å². The monoisotopic (exact) mass is 357 g/mol. The largest absolute Gasteiger partial charge is 0.481 e. The highest BCUT2D eigenvalue weighted by molar-refractivity contribution is 5.91. The average molecular weight is 357 g/mol. The fraction of sp³-hybridized carbons (Fsp3) is 0.211. The summed E-state index contributed by atoms with van der Waals surface area (Å²) in [6, 6.07) is 15.8. The zero-order chi connectivity index (χ0) is 19.1. The molecule has 2 aromatic carbocycles. The third-order valence-corrected chi connectivity index (χ3v) is 3.86. The Hall–Kier alpha value is -3.19. The van der Waals surface area contributed by atoms with Gasteiger partial charge in [0.15, 0.2) is 6.04 Å². The van der Waals surface area contributed by atoms with Gasteiger partial charge in [-0.25, -0.2) is 4.79 Å². The fourth-order valence-corrected chi connectivity index (χ4v) is 2.64. The molecule has 4 N–H and O–H groups in total. The number of aliphatic carboxylic acids is 2. The molecule has 0 aliphatic rings. The van der Waals surface area contributed by atoms with E-state index in [1.165, 1.54) is 0 Å². The smallest absolute Gasteiger partial charge is 0.328 e. The lowest BCUT2D eigenvalue weighted by atomic mass is 9.90. The van der Waals surface area contributed by atoms with Crippen LogP contribution in [0.2, 0.25) is 0 Å². The molecule has 0 radical (unpaired) electrons. The van der Waals surface area contributed by atoms with E-state index in [1.54, 1.807) is 60.7 Å². The molecule has 1 unspecified atom stereocenters. The van der Waals surface area contributed by atoms with E-state index in [1.807, 2.05) is 0 Å². The molecule has 0 saturated heterocycles. The number of carboxylic acid groups (broad SMARTS) is 2. The molecule has 136 valence electrons.